The highest BCUT2D eigenvalue weighted by Crippen LogP contribution is 2.61. The molecule has 2 amide bonds. The summed E-state index contributed by atoms with van der Waals surface area (Å²) in [5.41, 5.74) is 11.4. The third-order valence-corrected chi connectivity index (χ3v) is 15.8. The first-order valence-corrected chi connectivity index (χ1v) is 23.4. The molecule has 1 aliphatic heterocycles. The van der Waals surface area contributed by atoms with Gasteiger partial charge in [0.05, 0.1) is 24.2 Å². The number of benzene rings is 2. The summed E-state index contributed by atoms with van der Waals surface area (Å²) in [5.74, 6) is 3.95. The third kappa shape index (κ3) is 7.95. The van der Waals surface area contributed by atoms with Gasteiger partial charge in [-0.2, -0.15) is 5.10 Å². The van der Waals surface area contributed by atoms with Crippen LogP contribution in [-0.4, -0.2) is 98.3 Å². The molecule has 2 aromatic carbocycles. The Balaban J connectivity index is 0.717. The van der Waals surface area contributed by atoms with Crippen molar-refractivity contribution in [2.75, 3.05) is 57.4 Å². The average Bonchev–Trinajstić information content (AvgIpc) is 3.84. The first kappa shape index (κ1) is 41.0. The standard InChI is InChI=1S/C49H64N10O3/c1-31(14-15-49-27-32-22-33(28-49)24-34(23-32)29-49)47(60)51-16-17-57-18-20-58(21-19-57)37-9-11-38(12-10-37)59-46-43(45(50)52-30-53-46)44(55-59)36-8-13-39(42(26-36)62-3)54-48(61)41-25-35-6-4-5-7-40(35)56(41)2/h4-8,13,25-26,30-34,37-38H,9-12,14-24,27-29H2,1-3H3,(H,51,60)(H,54,61)(H2,50,52,53)/t31-,32?,33?,34?,37?,38?,49?/m1/s1. The number of nitrogens with two attached hydrogens (primary N) is 1. The molecule has 11 rings (SSSR count). The van der Waals surface area contributed by atoms with Crippen LogP contribution in [0.3, 0.4) is 0 Å². The minimum absolute atomic E-state index is 0.101. The molecular formula is C49H64N10O3. The zero-order chi connectivity index (χ0) is 42.5. The van der Waals surface area contributed by atoms with Crippen LogP contribution in [0.25, 0.3) is 33.2 Å². The number of nitrogens with zero attached hydrogens (tertiary/aromatic N) is 7. The summed E-state index contributed by atoms with van der Waals surface area (Å²) in [6, 6.07) is 16.3. The fourth-order valence-electron chi connectivity index (χ4n) is 12.9. The lowest BCUT2D eigenvalue weighted by Gasteiger charge is -2.57. The van der Waals surface area contributed by atoms with Gasteiger partial charge in [-0.25, -0.2) is 14.6 Å². The van der Waals surface area contributed by atoms with Crippen molar-refractivity contribution < 1.29 is 14.3 Å². The van der Waals surface area contributed by atoms with E-state index in [4.69, 9.17) is 20.6 Å². The second-order valence-electron chi connectivity index (χ2n) is 19.8. The van der Waals surface area contributed by atoms with E-state index in [0.29, 0.717) is 40.1 Å². The van der Waals surface area contributed by atoms with Gasteiger partial charge >= 0.3 is 0 Å². The summed E-state index contributed by atoms with van der Waals surface area (Å²) in [6.45, 7) is 7.99. The van der Waals surface area contributed by atoms with Crippen LogP contribution in [0.2, 0.25) is 0 Å². The Morgan fingerprint density at radius 1 is 0.919 bits per heavy atom. The van der Waals surface area contributed by atoms with Gasteiger partial charge in [0, 0.05) is 74.7 Å². The van der Waals surface area contributed by atoms with E-state index in [2.05, 4.69) is 37.0 Å². The Kier molecular flexibility index (Phi) is 11.2. The molecule has 0 spiro atoms. The van der Waals surface area contributed by atoms with Crippen molar-refractivity contribution >= 4 is 45.3 Å². The van der Waals surface area contributed by atoms with E-state index in [-0.39, 0.29) is 23.8 Å². The second-order valence-corrected chi connectivity index (χ2v) is 19.8. The average molecular weight is 841 g/mol. The number of methoxy groups -OCH3 is 1. The van der Waals surface area contributed by atoms with E-state index in [1.54, 1.807) is 7.11 Å². The van der Waals surface area contributed by atoms with E-state index >= 15 is 0 Å². The van der Waals surface area contributed by atoms with Gasteiger partial charge in [0.2, 0.25) is 5.91 Å². The molecule has 5 saturated carbocycles. The molecule has 4 N–H and O–H groups in total. The molecule has 6 aliphatic rings. The van der Waals surface area contributed by atoms with Crippen molar-refractivity contribution in [1.29, 1.82) is 0 Å². The van der Waals surface area contributed by atoms with Crippen LogP contribution in [0.5, 0.6) is 5.75 Å². The Bertz CT molecular complexity index is 2410. The van der Waals surface area contributed by atoms with Gasteiger partial charge in [0.1, 0.15) is 29.3 Å². The van der Waals surface area contributed by atoms with Gasteiger partial charge in [-0.3, -0.25) is 19.4 Å². The highest BCUT2D eigenvalue weighted by molar-refractivity contribution is 6.07. The number of piperazine rings is 1. The van der Waals surface area contributed by atoms with Crippen molar-refractivity contribution in [3.05, 3.63) is 60.6 Å². The van der Waals surface area contributed by atoms with Crippen LogP contribution in [0, 0.1) is 29.1 Å². The van der Waals surface area contributed by atoms with Gasteiger partial charge in [-0.1, -0.05) is 31.2 Å². The topological polar surface area (TPSA) is 148 Å². The van der Waals surface area contributed by atoms with Crippen LogP contribution in [0.15, 0.2) is 54.9 Å². The van der Waals surface area contributed by atoms with Gasteiger partial charge in [0.15, 0.2) is 5.65 Å². The molecule has 13 heteroatoms. The van der Waals surface area contributed by atoms with Crippen molar-refractivity contribution in [2.45, 2.75) is 96.1 Å². The lowest BCUT2D eigenvalue weighted by molar-refractivity contribution is -0.125. The number of para-hydroxylation sites is 1. The number of rotatable bonds is 13. The highest BCUT2D eigenvalue weighted by atomic mass is 16.5. The zero-order valence-electron chi connectivity index (χ0n) is 36.8. The van der Waals surface area contributed by atoms with E-state index in [1.807, 2.05) is 60.1 Å². The zero-order valence-corrected chi connectivity index (χ0v) is 36.8. The number of nitrogens with one attached hydrogen (secondary N) is 2. The predicted molar refractivity (Wildman–Crippen MR) is 244 cm³/mol. The SMILES string of the molecule is COc1cc(-c2nn(C3CCC(N4CCN(CCNC(=O)[C@H](C)CCC56CC7CC(CC(C7)C5)C6)CC4)CC3)c3ncnc(N)c23)ccc1NC(=O)c1cc2ccccc2n1C. The van der Waals surface area contributed by atoms with Crippen molar-refractivity contribution in [3.8, 4) is 17.0 Å². The van der Waals surface area contributed by atoms with Gasteiger partial charge < -0.3 is 25.7 Å². The Morgan fingerprint density at radius 2 is 1.63 bits per heavy atom. The number of aromatic nitrogens is 5. The molecule has 3 aromatic heterocycles. The lowest BCUT2D eigenvalue weighted by atomic mass is 9.48. The number of hydrogen-bond donors (Lipinski definition) is 3. The molecule has 5 aromatic rings. The van der Waals surface area contributed by atoms with Crippen molar-refractivity contribution in [1.82, 2.24) is 39.4 Å². The van der Waals surface area contributed by atoms with Gasteiger partial charge in [-0.15, -0.1) is 0 Å². The number of ether oxygens (including phenoxy) is 1. The van der Waals surface area contributed by atoms with E-state index < -0.39 is 0 Å². The minimum Gasteiger partial charge on any atom is -0.495 e. The normalized spacial score (nSPS) is 26.9. The van der Waals surface area contributed by atoms with Crippen LogP contribution in [0.4, 0.5) is 11.5 Å². The smallest absolute Gasteiger partial charge is 0.272 e. The molecule has 1 saturated heterocycles. The number of amides is 2. The predicted octanol–water partition coefficient (Wildman–Crippen LogP) is 7.68. The number of carbonyl (C=O) groups excluding carboxylic acids is 2. The Morgan fingerprint density at radius 3 is 2.34 bits per heavy atom. The van der Waals surface area contributed by atoms with E-state index in [9.17, 15) is 9.59 Å². The maximum atomic E-state index is 13.5. The Labute approximate surface area is 365 Å². The van der Waals surface area contributed by atoms with Gasteiger partial charge in [0.25, 0.3) is 5.91 Å². The summed E-state index contributed by atoms with van der Waals surface area (Å²) in [7, 11) is 3.50. The maximum Gasteiger partial charge on any atom is 0.272 e. The summed E-state index contributed by atoms with van der Waals surface area (Å²) >= 11 is 0. The largest absolute Gasteiger partial charge is 0.495 e. The monoisotopic (exact) mass is 841 g/mol. The highest BCUT2D eigenvalue weighted by Gasteiger charge is 2.50. The molecule has 0 radical (unpaired) electrons. The van der Waals surface area contributed by atoms with Crippen LogP contribution in [0.1, 0.15) is 101 Å². The number of aryl methyl sites for hydroxylation is 1. The molecule has 1 atom stereocenters. The maximum absolute atomic E-state index is 13.5. The van der Waals surface area contributed by atoms with E-state index in [0.717, 1.165) is 117 Å². The number of hydrogen-bond acceptors (Lipinski definition) is 9. The number of nitrogen functional groups attached to an aromatic ring is 1. The van der Waals surface area contributed by atoms with E-state index in [1.165, 1.54) is 51.3 Å². The number of carbonyl (C=O) groups is 2. The first-order valence-electron chi connectivity index (χ1n) is 23.4. The molecule has 4 bridgehead atoms. The molecule has 4 heterocycles. The summed E-state index contributed by atoms with van der Waals surface area (Å²) in [5, 5.41) is 13.3. The molecule has 6 fully saturated rings. The summed E-state index contributed by atoms with van der Waals surface area (Å²) in [4.78, 5) is 40.8. The number of fused-ring (bicyclic) bond motifs is 2. The molecular weight excluding hydrogens is 777 g/mol. The van der Waals surface area contributed by atoms with Crippen molar-refractivity contribution in [3.63, 3.8) is 0 Å². The summed E-state index contributed by atoms with van der Waals surface area (Å²) in [6.07, 6.45) is 16.7. The number of anilines is 2. The first-order chi connectivity index (χ1) is 30.1. The van der Waals surface area contributed by atoms with Crippen LogP contribution in [-0.2, 0) is 11.8 Å². The molecule has 0 unspecified atom stereocenters. The minimum atomic E-state index is -0.221. The lowest BCUT2D eigenvalue weighted by Crippen LogP contribution is -2.52. The fraction of sp³-hybridized carbons (Fsp3) is 0.571. The molecule has 5 aliphatic carbocycles. The van der Waals surface area contributed by atoms with Gasteiger partial charge in [-0.05, 0) is 124 Å². The summed E-state index contributed by atoms with van der Waals surface area (Å²) < 4.78 is 9.77. The van der Waals surface area contributed by atoms with Crippen LogP contribution < -0.4 is 21.1 Å². The third-order valence-electron chi connectivity index (χ3n) is 15.8. The second kappa shape index (κ2) is 16.9. The van der Waals surface area contributed by atoms with Crippen LogP contribution >= 0.6 is 0 Å². The molecule has 62 heavy (non-hydrogen) atoms. The molecule has 328 valence electrons. The quantitative estimate of drug-likeness (QED) is 0.109. The fourth-order valence-corrected chi connectivity index (χ4v) is 12.9. The molecule has 13 nitrogen and oxygen atoms in total. The Hall–Kier alpha value is -5.01. The van der Waals surface area contributed by atoms with Crippen molar-refractivity contribution in [2.24, 2.45) is 36.1 Å².